The monoisotopic (exact) mass is 1460 g/mol. The molecule has 12 aromatic rings. The van der Waals surface area contributed by atoms with Gasteiger partial charge in [-0.2, -0.15) is 15.8 Å². The van der Waals surface area contributed by atoms with Crippen LogP contribution < -0.4 is 29.3 Å². The maximum atomic E-state index is 15.0. The van der Waals surface area contributed by atoms with Gasteiger partial charge in [0, 0.05) is 145 Å². The zero-order valence-corrected chi connectivity index (χ0v) is 60.7. The Balaban J connectivity index is 0.000000124. The number of nitriles is 3. The van der Waals surface area contributed by atoms with E-state index in [9.17, 15) is 20.6 Å². The average molecular weight is 1460 g/mol. The first-order valence-corrected chi connectivity index (χ1v) is 37.2. The molecule has 5 saturated heterocycles. The van der Waals surface area contributed by atoms with Gasteiger partial charge in [-0.1, -0.05) is 48.5 Å². The molecule has 6 aromatic carbocycles. The summed E-state index contributed by atoms with van der Waals surface area (Å²) < 4.78 is 60.6. The molecule has 1 amide bonds. The summed E-state index contributed by atoms with van der Waals surface area (Å²) in [5.74, 6) is 1.58. The standard InChI is InChI=1S/C29H27FN4O3.C29H26N4O3.C29H28N4O3/c30-25-16-20(1-3-27(25)34-9-13-36-14-10-34)26-17-24-23(5-8-32-29(24)33-26)19-2-4-28(21(15-19)18-31)37-22-6-11-35-12-7-22;1-29(2)23-5-3-18(14-25(23)33-28(29)34)24-15-22-21(7-10-31-27(22)32-24)17-4-6-26(19(13-17)16-30)36-20-8-11-35-12-9-20;30-19-22-16-20(4-5-28(22)36-24-7-12-34-13-8-24)25-6-9-31-29-26(25)18-27(32-29)21-2-1-3-23(17-21)33-10-14-35-15-11-33/h1-5,8,15-17,22H,6-7,9-14H2,(H,32,33);3-7,10,13-15,20H,8-9,11-12H2,1-2H3,(H,31,32)(H,33,34);1-6,9,16-18,24H,7-8,10-15H2,(H,31,32). The molecule has 4 N–H and O–H groups in total. The largest absolute Gasteiger partial charge is 0.489 e. The number of hydrogen-bond acceptors (Lipinski definition) is 17. The van der Waals surface area contributed by atoms with Crippen molar-refractivity contribution in [2.45, 2.75) is 76.1 Å². The lowest BCUT2D eigenvalue weighted by Gasteiger charge is -2.29. The highest BCUT2D eigenvalue weighted by Crippen LogP contribution is 2.43. The van der Waals surface area contributed by atoms with Crippen LogP contribution in [0.1, 0.15) is 74.6 Å². The average Bonchev–Trinajstić information content (AvgIpc) is 1.48. The van der Waals surface area contributed by atoms with Gasteiger partial charge in [-0.15, -0.1) is 0 Å². The van der Waals surface area contributed by atoms with Crippen LogP contribution in [0, 0.1) is 39.8 Å². The smallest absolute Gasteiger partial charge is 0.234 e. The Labute approximate surface area is 630 Å². The minimum Gasteiger partial charge on any atom is -0.489 e. The lowest BCUT2D eigenvalue weighted by atomic mass is 9.86. The number of nitrogens with zero attached hydrogens (tertiary/aromatic N) is 8. The van der Waals surface area contributed by atoms with Crippen molar-refractivity contribution in [3.63, 3.8) is 0 Å². The lowest BCUT2D eigenvalue weighted by molar-refractivity contribution is -0.119. The van der Waals surface area contributed by atoms with Crippen LogP contribution in [-0.4, -0.2) is 146 Å². The van der Waals surface area contributed by atoms with E-state index >= 15 is 4.39 Å². The number of carbonyl (C=O) groups excluding carboxylic acids is 1. The molecule has 6 aliphatic rings. The molecule has 0 bridgehead atoms. The fourth-order valence-electron chi connectivity index (χ4n) is 15.1. The quantitative estimate of drug-likeness (QED) is 0.0788. The predicted octanol–water partition coefficient (Wildman–Crippen LogP) is 16.0. The highest BCUT2D eigenvalue weighted by atomic mass is 19.1. The number of rotatable bonds is 14. The van der Waals surface area contributed by atoms with Crippen molar-refractivity contribution in [3.05, 3.63) is 198 Å². The molecule has 550 valence electrons. The van der Waals surface area contributed by atoms with Crippen molar-refractivity contribution in [1.82, 2.24) is 29.9 Å². The van der Waals surface area contributed by atoms with Gasteiger partial charge >= 0.3 is 0 Å². The van der Waals surface area contributed by atoms with Crippen LogP contribution >= 0.6 is 0 Å². The Morgan fingerprint density at radius 1 is 0.440 bits per heavy atom. The molecular formula is C87H81FN12O9. The van der Waals surface area contributed by atoms with Crippen molar-refractivity contribution in [2.24, 2.45) is 0 Å². The van der Waals surface area contributed by atoms with Crippen molar-refractivity contribution in [1.29, 1.82) is 15.8 Å². The van der Waals surface area contributed by atoms with Crippen LogP contribution in [0.3, 0.4) is 0 Å². The first-order valence-electron chi connectivity index (χ1n) is 37.2. The van der Waals surface area contributed by atoms with Crippen molar-refractivity contribution in [3.8, 4) is 103 Å². The number of carbonyl (C=O) groups is 1. The normalized spacial score (nSPS) is 16.8. The summed E-state index contributed by atoms with van der Waals surface area (Å²) >= 11 is 0. The van der Waals surface area contributed by atoms with Gasteiger partial charge < -0.3 is 68.0 Å². The number of amides is 1. The Morgan fingerprint density at radius 2 is 0.826 bits per heavy atom. The number of morpholine rings is 2. The molecule has 0 radical (unpaired) electrons. The second-order valence-corrected chi connectivity index (χ2v) is 28.4. The van der Waals surface area contributed by atoms with Gasteiger partial charge in [0.2, 0.25) is 5.91 Å². The van der Waals surface area contributed by atoms with Gasteiger partial charge in [0.1, 0.15) is 76.5 Å². The summed E-state index contributed by atoms with van der Waals surface area (Å²) in [6, 6.07) is 56.2. The fraction of sp³-hybridized carbons (Fsp3) is 0.299. The number of aromatic amines is 3. The maximum absolute atomic E-state index is 15.0. The molecule has 0 aliphatic carbocycles. The second-order valence-electron chi connectivity index (χ2n) is 28.4. The Kier molecular flexibility index (Phi) is 20.8. The van der Waals surface area contributed by atoms with Crippen LogP contribution in [0.2, 0.25) is 0 Å². The maximum Gasteiger partial charge on any atom is 0.234 e. The van der Waals surface area contributed by atoms with Crippen LogP contribution in [0.15, 0.2) is 170 Å². The number of benzene rings is 6. The lowest BCUT2D eigenvalue weighted by Crippen LogP contribution is -2.36. The topological polar surface area (TPSA) is 267 Å². The molecule has 22 heteroatoms. The summed E-state index contributed by atoms with van der Waals surface area (Å²) in [5, 5.41) is 35.3. The van der Waals surface area contributed by atoms with Gasteiger partial charge in [0.15, 0.2) is 0 Å². The molecule has 0 spiro atoms. The summed E-state index contributed by atoms with van der Waals surface area (Å²) in [7, 11) is 0. The number of fused-ring (bicyclic) bond motifs is 4. The number of aromatic nitrogens is 6. The van der Waals surface area contributed by atoms with E-state index in [1.54, 1.807) is 24.7 Å². The van der Waals surface area contributed by atoms with Crippen LogP contribution in [0.5, 0.6) is 17.2 Å². The zero-order valence-electron chi connectivity index (χ0n) is 60.7. The van der Waals surface area contributed by atoms with Gasteiger partial charge in [-0.3, -0.25) is 4.79 Å². The summed E-state index contributed by atoms with van der Waals surface area (Å²) in [6.45, 7) is 13.9. The van der Waals surface area contributed by atoms with E-state index in [0.29, 0.717) is 111 Å². The third kappa shape index (κ3) is 15.4. The van der Waals surface area contributed by atoms with E-state index < -0.39 is 5.41 Å². The van der Waals surface area contributed by atoms with E-state index in [2.05, 4.69) is 94.7 Å². The SMILES string of the molecule is CC1(C)C(=O)Nc2cc(-c3cc4c(-c5ccc(OC6CCOCC6)c(C#N)c5)ccnc4[nH]3)ccc21.N#Cc1cc(-c2ccnc3[nH]c(-c4ccc(N5CCOCC5)c(F)c4)cc23)ccc1OC1CCOCC1.N#Cc1cc(-c2ccnc3[nH]c(-c4cccc(N5CCOCC5)c4)cc23)ccc1OC1CCOCC1. The number of nitrogens with one attached hydrogen (secondary N) is 4. The third-order valence-electron chi connectivity index (χ3n) is 21.2. The second kappa shape index (κ2) is 31.9. The number of halogens is 1. The first-order chi connectivity index (χ1) is 53.4. The van der Waals surface area contributed by atoms with Gasteiger partial charge in [0.05, 0.1) is 93.9 Å². The summed E-state index contributed by atoms with van der Waals surface area (Å²) in [6.07, 6.45) is 10.5. The van der Waals surface area contributed by atoms with Crippen LogP contribution in [0.4, 0.5) is 21.5 Å². The number of ether oxygens (including phenoxy) is 8. The third-order valence-corrected chi connectivity index (χ3v) is 21.2. The fourth-order valence-corrected chi connectivity index (χ4v) is 15.1. The number of hydrogen-bond donors (Lipinski definition) is 4. The van der Waals surface area contributed by atoms with Crippen molar-refractivity contribution < 1.29 is 47.1 Å². The highest BCUT2D eigenvalue weighted by molar-refractivity contribution is 6.07. The molecule has 0 unspecified atom stereocenters. The zero-order chi connectivity index (χ0) is 74.4. The number of H-pyrrole nitrogens is 3. The van der Waals surface area contributed by atoms with E-state index in [0.717, 1.165) is 171 Å². The van der Waals surface area contributed by atoms with E-state index in [1.165, 1.54) is 5.69 Å². The molecule has 5 fully saturated rings. The molecule has 18 rings (SSSR count). The molecule has 109 heavy (non-hydrogen) atoms. The van der Waals surface area contributed by atoms with Gasteiger partial charge in [-0.25, -0.2) is 19.3 Å². The van der Waals surface area contributed by atoms with Crippen molar-refractivity contribution >= 4 is 56.1 Å². The number of anilines is 3. The summed E-state index contributed by atoms with van der Waals surface area (Å²) in [4.78, 5) is 40.6. The minimum absolute atomic E-state index is 0.00722. The minimum atomic E-state index is -0.540. The molecular weight excluding hydrogens is 1380 g/mol. The highest BCUT2D eigenvalue weighted by Gasteiger charge is 2.38. The van der Waals surface area contributed by atoms with Gasteiger partial charge in [0.25, 0.3) is 0 Å². The van der Waals surface area contributed by atoms with E-state index in [4.69, 9.17) is 37.9 Å². The predicted molar refractivity (Wildman–Crippen MR) is 416 cm³/mol. The van der Waals surface area contributed by atoms with E-state index in [-0.39, 0.29) is 30.0 Å². The summed E-state index contributed by atoms with van der Waals surface area (Å²) in [5.41, 5.74) is 18.2. The first kappa shape index (κ1) is 71.3. The Hall–Kier alpha value is -11.9. The number of pyridine rings is 3. The molecule has 0 atom stereocenters. The Bertz CT molecular complexity index is 5490. The Morgan fingerprint density at radius 3 is 1.25 bits per heavy atom. The van der Waals surface area contributed by atoms with Gasteiger partial charge in [-0.05, 0) is 156 Å². The van der Waals surface area contributed by atoms with Crippen molar-refractivity contribution in [2.75, 3.05) is 107 Å². The molecule has 21 nitrogen and oxygen atoms in total. The molecule has 12 heterocycles. The molecule has 6 aliphatic heterocycles. The van der Waals surface area contributed by atoms with Crippen LogP contribution in [-0.2, 0) is 33.9 Å². The van der Waals surface area contributed by atoms with E-state index in [1.807, 2.05) is 128 Å². The van der Waals surface area contributed by atoms with Crippen LogP contribution in [0.25, 0.3) is 100 Å². The molecule has 0 saturated carbocycles. The molecule has 6 aromatic heterocycles.